The van der Waals surface area contributed by atoms with Crippen LogP contribution in [0.1, 0.15) is 26.3 Å². The molecule has 102 valence electrons. The Hall–Kier alpha value is -1.60. The average Bonchev–Trinajstić information content (AvgIpc) is 2.75. The molecular formula is C18H18ClN. The Balaban J connectivity index is 2.28. The molecule has 1 atom stereocenters. The summed E-state index contributed by atoms with van der Waals surface area (Å²) in [5, 5.41) is 2.09. The molecule has 1 aliphatic carbocycles. The van der Waals surface area contributed by atoms with E-state index in [-0.39, 0.29) is 0 Å². The summed E-state index contributed by atoms with van der Waals surface area (Å²) < 4.78 is 0. The molecular weight excluding hydrogens is 266 g/mol. The molecule has 0 aliphatic heterocycles. The number of halogens is 1. The first kappa shape index (κ1) is 13.4. The quantitative estimate of drug-likeness (QED) is 0.717. The number of hydrogen-bond acceptors (Lipinski definition) is 1. The van der Waals surface area contributed by atoms with Gasteiger partial charge in [-0.15, -0.1) is 0 Å². The number of benzene rings is 1. The smallest absolute Gasteiger partial charge is 0.0780 e. The third kappa shape index (κ3) is 2.06. The minimum atomic E-state index is 0.294. The largest absolute Gasteiger partial charge is 0.256 e. The molecule has 0 saturated heterocycles. The molecule has 2 heteroatoms. The van der Waals surface area contributed by atoms with Gasteiger partial charge in [0, 0.05) is 33.7 Å². The molecule has 1 aliphatic rings. The number of hydrogen-bond donors (Lipinski definition) is 0. The van der Waals surface area contributed by atoms with Gasteiger partial charge in [0.05, 0.1) is 5.52 Å². The fraction of sp³-hybridized carbons (Fsp3) is 0.278. The number of nitrogens with zero attached hydrogens (tertiary/aromatic N) is 1. The summed E-state index contributed by atoms with van der Waals surface area (Å²) in [6, 6.07) is 10.4. The highest BCUT2D eigenvalue weighted by molar-refractivity contribution is 6.35. The highest BCUT2D eigenvalue weighted by atomic mass is 35.5. The van der Waals surface area contributed by atoms with Crippen LogP contribution >= 0.6 is 11.6 Å². The van der Waals surface area contributed by atoms with E-state index < -0.39 is 0 Å². The van der Waals surface area contributed by atoms with Gasteiger partial charge in [0.1, 0.15) is 0 Å². The maximum atomic E-state index is 6.60. The van der Waals surface area contributed by atoms with E-state index in [2.05, 4.69) is 56.1 Å². The van der Waals surface area contributed by atoms with Crippen LogP contribution < -0.4 is 0 Å². The molecule has 0 spiro atoms. The normalized spacial score (nSPS) is 19.1. The van der Waals surface area contributed by atoms with Gasteiger partial charge in [-0.3, -0.25) is 4.98 Å². The number of allylic oxidation sites excluding steroid dienone is 4. The van der Waals surface area contributed by atoms with E-state index >= 15 is 0 Å². The molecule has 0 radical (unpaired) electrons. The van der Waals surface area contributed by atoms with Crippen LogP contribution in [0, 0.1) is 11.8 Å². The van der Waals surface area contributed by atoms with E-state index in [9.17, 15) is 0 Å². The van der Waals surface area contributed by atoms with Crippen molar-refractivity contribution in [1.29, 1.82) is 0 Å². The Bertz CT molecular complexity index is 720. The van der Waals surface area contributed by atoms with Crippen molar-refractivity contribution in [3.05, 3.63) is 58.8 Å². The predicted octanol–water partition coefficient (Wildman–Crippen LogP) is 5.42. The summed E-state index contributed by atoms with van der Waals surface area (Å²) in [4.78, 5) is 4.56. The van der Waals surface area contributed by atoms with E-state index in [1.807, 2.05) is 12.3 Å². The average molecular weight is 284 g/mol. The summed E-state index contributed by atoms with van der Waals surface area (Å²) >= 11 is 6.60. The molecule has 0 N–H and O–H groups in total. The van der Waals surface area contributed by atoms with Crippen molar-refractivity contribution in [1.82, 2.24) is 4.98 Å². The fourth-order valence-corrected chi connectivity index (χ4v) is 3.14. The van der Waals surface area contributed by atoms with Gasteiger partial charge in [0.15, 0.2) is 0 Å². The lowest BCUT2D eigenvalue weighted by Gasteiger charge is -2.15. The van der Waals surface area contributed by atoms with Crippen LogP contribution in [0.5, 0.6) is 0 Å². The first-order valence-corrected chi connectivity index (χ1v) is 7.43. The van der Waals surface area contributed by atoms with Gasteiger partial charge in [-0.2, -0.15) is 0 Å². The van der Waals surface area contributed by atoms with Gasteiger partial charge < -0.3 is 0 Å². The molecule has 0 bridgehead atoms. The molecule has 1 nitrogen and oxygen atoms in total. The summed E-state index contributed by atoms with van der Waals surface area (Å²) in [7, 11) is 0. The molecule has 0 saturated carbocycles. The van der Waals surface area contributed by atoms with E-state index in [4.69, 9.17) is 11.6 Å². The van der Waals surface area contributed by atoms with Crippen LogP contribution in [0.3, 0.4) is 0 Å². The van der Waals surface area contributed by atoms with Gasteiger partial charge in [0.25, 0.3) is 0 Å². The number of fused-ring (bicyclic) bond motifs is 1. The highest BCUT2D eigenvalue weighted by Crippen LogP contribution is 2.44. The lowest BCUT2D eigenvalue weighted by Crippen LogP contribution is -1.97. The highest BCUT2D eigenvalue weighted by Gasteiger charge is 2.26. The number of rotatable bonds is 2. The maximum absolute atomic E-state index is 6.60. The topological polar surface area (TPSA) is 12.9 Å². The monoisotopic (exact) mass is 283 g/mol. The van der Waals surface area contributed by atoms with E-state index in [0.717, 1.165) is 21.5 Å². The molecule has 0 fully saturated rings. The second-order valence-electron chi connectivity index (χ2n) is 5.67. The zero-order valence-electron chi connectivity index (χ0n) is 12.0. The number of aromatic nitrogens is 1. The third-order valence-electron chi connectivity index (χ3n) is 3.88. The summed E-state index contributed by atoms with van der Waals surface area (Å²) in [5.74, 6) is 0.755. The van der Waals surface area contributed by atoms with Crippen molar-refractivity contribution in [2.75, 3.05) is 0 Å². The van der Waals surface area contributed by atoms with Crippen LogP contribution in [0.25, 0.3) is 16.5 Å². The minimum absolute atomic E-state index is 0.294. The van der Waals surface area contributed by atoms with Crippen molar-refractivity contribution in [3.8, 4) is 0 Å². The van der Waals surface area contributed by atoms with E-state index in [1.54, 1.807) is 0 Å². The summed E-state index contributed by atoms with van der Waals surface area (Å²) in [6.07, 6.45) is 4.13. The van der Waals surface area contributed by atoms with Crippen molar-refractivity contribution >= 4 is 28.1 Å². The first-order chi connectivity index (χ1) is 9.59. The maximum Gasteiger partial charge on any atom is 0.0780 e. The molecule has 1 aromatic carbocycles. The zero-order valence-corrected chi connectivity index (χ0v) is 12.8. The Morgan fingerprint density at radius 2 is 1.90 bits per heavy atom. The molecule has 1 heterocycles. The molecule has 1 unspecified atom stereocenters. The van der Waals surface area contributed by atoms with Gasteiger partial charge in [-0.1, -0.05) is 62.7 Å². The van der Waals surface area contributed by atoms with Gasteiger partial charge in [-0.25, -0.2) is 0 Å². The molecule has 1 aromatic heterocycles. The molecule has 2 aromatic rings. The number of para-hydroxylation sites is 1. The standard InChI is InChI=1S/C18H18ClN/c1-11(2)15-10-12(3)17(19)16(15)14-8-4-6-13-7-5-9-20-18(13)14/h4-12H,1-3H3. The van der Waals surface area contributed by atoms with E-state index in [1.165, 1.54) is 11.1 Å². The summed E-state index contributed by atoms with van der Waals surface area (Å²) in [6.45, 7) is 6.58. The fourth-order valence-electron chi connectivity index (χ4n) is 2.86. The lowest BCUT2D eigenvalue weighted by molar-refractivity contribution is 0.790. The first-order valence-electron chi connectivity index (χ1n) is 7.05. The molecule has 0 amide bonds. The van der Waals surface area contributed by atoms with Crippen LogP contribution in [-0.2, 0) is 0 Å². The Morgan fingerprint density at radius 3 is 2.65 bits per heavy atom. The van der Waals surface area contributed by atoms with Crippen molar-refractivity contribution in [3.63, 3.8) is 0 Å². The Morgan fingerprint density at radius 1 is 1.15 bits per heavy atom. The minimum Gasteiger partial charge on any atom is -0.256 e. The molecule has 20 heavy (non-hydrogen) atoms. The molecule has 3 rings (SSSR count). The predicted molar refractivity (Wildman–Crippen MR) is 86.6 cm³/mol. The van der Waals surface area contributed by atoms with Crippen LogP contribution in [0.2, 0.25) is 0 Å². The van der Waals surface area contributed by atoms with Gasteiger partial charge in [-0.05, 0) is 17.6 Å². The van der Waals surface area contributed by atoms with Crippen LogP contribution in [0.4, 0.5) is 0 Å². The second kappa shape index (κ2) is 5.06. The third-order valence-corrected chi connectivity index (χ3v) is 4.41. The zero-order chi connectivity index (χ0) is 14.3. The Labute approximate surface area is 125 Å². The van der Waals surface area contributed by atoms with Crippen LogP contribution in [0.15, 0.2) is 53.2 Å². The van der Waals surface area contributed by atoms with E-state index in [0.29, 0.717) is 11.8 Å². The number of pyridine rings is 1. The second-order valence-corrected chi connectivity index (χ2v) is 6.08. The lowest BCUT2D eigenvalue weighted by atomic mass is 9.91. The van der Waals surface area contributed by atoms with Crippen molar-refractivity contribution in [2.24, 2.45) is 11.8 Å². The SMILES string of the molecule is CC(C)C1=CC(C)C(Cl)=C1c1cccc2cccnc12. The van der Waals surface area contributed by atoms with Gasteiger partial charge >= 0.3 is 0 Å². The van der Waals surface area contributed by atoms with Gasteiger partial charge in [0.2, 0.25) is 0 Å². The Kier molecular flexibility index (Phi) is 3.39. The summed E-state index contributed by atoms with van der Waals surface area (Å²) in [5.41, 5.74) is 4.69. The van der Waals surface area contributed by atoms with Crippen molar-refractivity contribution in [2.45, 2.75) is 20.8 Å². The van der Waals surface area contributed by atoms with Crippen molar-refractivity contribution < 1.29 is 0 Å². The van der Waals surface area contributed by atoms with Crippen LogP contribution in [-0.4, -0.2) is 4.98 Å².